The van der Waals surface area contributed by atoms with E-state index in [2.05, 4.69) is 28.3 Å². The lowest BCUT2D eigenvalue weighted by molar-refractivity contribution is 0.412. The van der Waals surface area contributed by atoms with Crippen LogP contribution in [0.2, 0.25) is 0 Å². The highest BCUT2D eigenvalue weighted by Crippen LogP contribution is 2.24. The van der Waals surface area contributed by atoms with Crippen molar-refractivity contribution in [1.29, 1.82) is 0 Å². The van der Waals surface area contributed by atoms with Gasteiger partial charge in [-0.3, -0.25) is 9.97 Å². The van der Waals surface area contributed by atoms with Gasteiger partial charge in [0.25, 0.3) is 0 Å². The summed E-state index contributed by atoms with van der Waals surface area (Å²) in [6.45, 7) is 4.08. The van der Waals surface area contributed by atoms with Gasteiger partial charge in [0.15, 0.2) is 0 Å². The maximum Gasteiger partial charge on any atom is 0.121 e. The number of hydrogen-bond acceptors (Lipinski definition) is 4. The van der Waals surface area contributed by atoms with E-state index in [1.807, 2.05) is 19.1 Å². The normalized spacial score (nSPS) is 11.9. The zero-order valence-corrected chi connectivity index (χ0v) is 10.8. The number of benzene rings is 1. The first kappa shape index (κ1) is 12.4. The number of anilines is 1. The number of hydrogen-bond donors (Lipinski definition) is 1. The van der Waals surface area contributed by atoms with Crippen LogP contribution < -0.4 is 10.1 Å². The zero-order chi connectivity index (χ0) is 13.0. The first-order chi connectivity index (χ1) is 8.70. The highest BCUT2D eigenvalue weighted by Gasteiger charge is 2.07. The van der Waals surface area contributed by atoms with E-state index in [9.17, 15) is 0 Å². The molecular weight excluding hydrogens is 226 g/mol. The Morgan fingerprint density at radius 2 is 2.11 bits per heavy atom. The molecule has 0 fully saturated rings. The molecule has 1 aromatic carbocycles. The van der Waals surface area contributed by atoms with Gasteiger partial charge in [-0.2, -0.15) is 0 Å². The Morgan fingerprint density at radius 1 is 1.28 bits per heavy atom. The monoisotopic (exact) mass is 243 g/mol. The fraction of sp³-hybridized carbons (Fsp3) is 0.286. The minimum absolute atomic E-state index is 0.117. The highest BCUT2D eigenvalue weighted by molar-refractivity contribution is 5.51. The molecule has 1 atom stereocenters. The average Bonchev–Trinajstić information content (AvgIpc) is 2.40. The molecule has 0 aliphatic rings. The molecule has 0 saturated heterocycles. The molecular formula is C14H17N3O. The minimum atomic E-state index is 0.117. The molecule has 1 aromatic heterocycles. The van der Waals surface area contributed by atoms with Crippen molar-refractivity contribution >= 4 is 5.69 Å². The van der Waals surface area contributed by atoms with Crippen LogP contribution in [-0.4, -0.2) is 17.1 Å². The Balaban J connectivity index is 2.12. The van der Waals surface area contributed by atoms with Crippen LogP contribution in [0.5, 0.6) is 5.75 Å². The van der Waals surface area contributed by atoms with Gasteiger partial charge in [-0.25, -0.2) is 0 Å². The first-order valence-electron chi connectivity index (χ1n) is 5.88. The number of methoxy groups -OCH3 is 1. The van der Waals surface area contributed by atoms with Crippen molar-refractivity contribution in [3.8, 4) is 5.75 Å². The van der Waals surface area contributed by atoms with Crippen LogP contribution in [-0.2, 0) is 0 Å². The maximum absolute atomic E-state index is 5.24. The van der Waals surface area contributed by atoms with Crippen LogP contribution in [0.25, 0.3) is 0 Å². The summed E-state index contributed by atoms with van der Waals surface area (Å²) in [6, 6.07) is 6.14. The lowest BCUT2D eigenvalue weighted by Crippen LogP contribution is -2.08. The molecule has 0 spiro atoms. The maximum atomic E-state index is 5.24. The quantitative estimate of drug-likeness (QED) is 0.896. The van der Waals surface area contributed by atoms with Crippen LogP contribution in [0.15, 0.2) is 36.8 Å². The van der Waals surface area contributed by atoms with Crippen molar-refractivity contribution in [3.63, 3.8) is 0 Å². The van der Waals surface area contributed by atoms with Crippen LogP contribution >= 0.6 is 0 Å². The summed E-state index contributed by atoms with van der Waals surface area (Å²) < 4.78 is 5.24. The third-order valence-electron chi connectivity index (χ3n) is 2.80. The molecule has 2 rings (SSSR count). The third kappa shape index (κ3) is 2.77. The number of nitrogens with zero attached hydrogens (tertiary/aromatic N) is 2. The SMILES string of the molecule is COc1ccc(NC(C)c2cnccn2)cc1C. The van der Waals surface area contributed by atoms with Crippen LogP contribution in [0.3, 0.4) is 0 Å². The molecule has 0 bridgehead atoms. The fourth-order valence-corrected chi connectivity index (χ4v) is 1.83. The van der Waals surface area contributed by atoms with Gasteiger partial charge < -0.3 is 10.1 Å². The standard InChI is InChI=1S/C14H17N3O/c1-10-8-12(4-5-14(10)18-3)17-11(2)13-9-15-6-7-16-13/h4-9,11,17H,1-3H3. The zero-order valence-electron chi connectivity index (χ0n) is 10.8. The van der Waals surface area contributed by atoms with Crippen LogP contribution in [0.1, 0.15) is 24.2 Å². The van der Waals surface area contributed by atoms with E-state index >= 15 is 0 Å². The molecule has 0 amide bonds. The van der Waals surface area contributed by atoms with Gasteiger partial charge in [0.2, 0.25) is 0 Å². The van der Waals surface area contributed by atoms with Gasteiger partial charge in [0, 0.05) is 18.1 Å². The lowest BCUT2D eigenvalue weighted by Gasteiger charge is -2.15. The van der Waals surface area contributed by atoms with Gasteiger partial charge in [-0.1, -0.05) is 0 Å². The van der Waals surface area contributed by atoms with E-state index in [-0.39, 0.29) is 6.04 Å². The molecule has 0 aliphatic heterocycles. The van der Waals surface area contributed by atoms with Crippen LogP contribution in [0, 0.1) is 6.92 Å². The van der Waals surface area contributed by atoms with Crippen molar-refractivity contribution in [1.82, 2.24) is 9.97 Å². The van der Waals surface area contributed by atoms with Gasteiger partial charge >= 0.3 is 0 Å². The summed E-state index contributed by atoms with van der Waals surface area (Å²) in [6.07, 6.45) is 5.15. The van der Waals surface area contributed by atoms with Crippen molar-refractivity contribution < 1.29 is 4.74 Å². The highest BCUT2D eigenvalue weighted by atomic mass is 16.5. The van der Waals surface area contributed by atoms with Gasteiger partial charge in [-0.05, 0) is 37.6 Å². The van der Waals surface area contributed by atoms with Gasteiger partial charge in [0.05, 0.1) is 25.0 Å². The molecule has 0 aliphatic carbocycles. The molecule has 1 heterocycles. The number of rotatable bonds is 4. The molecule has 4 nitrogen and oxygen atoms in total. The summed E-state index contributed by atoms with van der Waals surface area (Å²) in [5, 5.41) is 3.39. The molecule has 1 N–H and O–H groups in total. The molecule has 94 valence electrons. The summed E-state index contributed by atoms with van der Waals surface area (Å²) >= 11 is 0. The molecule has 2 aromatic rings. The largest absolute Gasteiger partial charge is 0.496 e. The second kappa shape index (κ2) is 5.49. The second-order valence-electron chi connectivity index (χ2n) is 4.18. The predicted octanol–water partition coefficient (Wildman–Crippen LogP) is 2.97. The smallest absolute Gasteiger partial charge is 0.121 e. The Hall–Kier alpha value is -2.10. The Morgan fingerprint density at radius 3 is 2.72 bits per heavy atom. The molecule has 0 radical (unpaired) electrons. The van der Waals surface area contributed by atoms with E-state index in [0.29, 0.717) is 0 Å². The Labute approximate surface area is 107 Å². The van der Waals surface area contributed by atoms with Crippen molar-refractivity contribution in [2.75, 3.05) is 12.4 Å². The van der Waals surface area contributed by atoms with E-state index in [1.165, 1.54) is 0 Å². The minimum Gasteiger partial charge on any atom is -0.496 e. The third-order valence-corrected chi connectivity index (χ3v) is 2.80. The predicted molar refractivity (Wildman–Crippen MR) is 71.8 cm³/mol. The lowest BCUT2D eigenvalue weighted by atomic mass is 10.1. The van der Waals surface area contributed by atoms with E-state index < -0.39 is 0 Å². The van der Waals surface area contributed by atoms with Crippen molar-refractivity contribution in [2.45, 2.75) is 19.9 Å². The number of aryl methyl sites for hydroxylation is 1. The number of aromatic nitrogens is 2. The fourth-order valence-electron chi connectivity index (χ4n) is 1.83. The van der Waals surface area contributed by atoms with Gasteiger partial charge in [0.1, 0.15) is 5.75 Å². The van der Waals surface area contributed by atoms with Gasteiger partial charge in [-0.15, -0.1) is 0 Å². The number of nitrogens with one attached hydrogen (secondary N) is 1. The summed E-state index contributed by atoms with van der Waals surface area (Å²) in [5.41, 5.74) is 3.08. The first-order valence-corrected chi connectivity index (χ1v) is 5.88. The molecule has 4 heteroatoms. The molecule has 18 heavy (non-hydrogen) atoms. The Bertz CT molecular complexity index is 514. The van der Waals surface area contributed by atoms with E-state index in [4.69, 9.17) is 4.74 Å². The number of ether oxygens (including phenoxy) is 1. The molecule has 1 unspecified atom stereocenters. The second-order valence-corrected chi connectivity index (χ2v) is 4.18. The topological polar surface area (TPSA) is 47.0 Å². The summed E-state index contributed by atoms with van der Waals surface area (Å²) in [5.74, 6) is 0.896. The summed E-state index contributed by atoms with van der Waals surface area (Å²) in [4.78, 5) is 8.35. The van der Waals surface area contributed by atoms with Crippen molar-refractivity contribution in [2.24, 2.45) is 0 Å². The van der Waals surface area contributed by atoms with Crippen molar-refractivity contribution in [3.05, 3.63) is 48.0 Å². The summed E-state index contributed by atoms with van der Waals surface area (Å²) in [7, 11) is 1.68. The average molecular weight is 243 g/mol. The Kier molecular flexibility index (Phi) is 3.77. The molecule has 0 saturated carbocycles. The van der Waals surface area contributed by atoms with E-state index in [0.717, 1.165) is 22.7 Å². The van der Waals surface area contributed by atoms with Crippen LogP contribution in [0.4, 0.5) is 5.69 Å². The van der Waals surface area contributed by atoms with E-state index in [1.54, 1.807) is 25.7 Å².